The van der Waals surface area contributed by atoms with Gasteiger partial charge in [0.1, 0.15) is 5.65 Å². The van der Waals surface area contributed by atoms with E-state index in [-0.39, 0.29) is 28.6 Å². The molecule has 3 fully saturated rings. The van der Waals surface area contributed by atoms with Gasteiger partial charge in [-0.25, -0.2) is 4.98 Å². The number of carbonyl (C=O) groups is 1. The van der Waals surface area contributed by atoms with Gasteiger partial charge in [-0.3, -0.25) is 19.1 Å². The number of fused-ring (bicyclic) bond motifs is 1. The van der Waals surface area contributed by atoms with E-state index in [1.54, 1.807) is 22.9 Å². The lowest BCUT2D eigenvalue weighted by Crippen LogP contribution is -2.55. The minimum atomic E-state index is -0.177. The summed E-state index contributed by atoms with van der Waals surface area (Å²) in [5.74, 6) is 0.591. The standard InChI is InChI=1S/C31H38N6O2/c1-4-26(38)35-17-19-36(20-18-35)31(13-5-6-14-31)25-10-8-24(9-11-25)30(15-16-30)34-29-32-21-23-7-12-27(39)37(22(2)3)28(23)33-29/h4,7-12,21-22H,1,5-6,13-20H2,2-3H3,(H,32,33,34). The molecule has 0 bridgehead atoms. The second kappa shape index (κ2) is 9.90. The van der Waals surface area contributed by atoms with Crippen molar-refractivity contribution in [1.82, 2.24) is 24.3 Å². The van der Waals surface area contributed by atoms with E-state index in [9.17, 15) is 9.59 Å². The summed E-state index contributed by atoms with van der Waals surface area (Å²) in [6.45, 7) is 11.0. The normalized spacial score (nSPS) is 20.3. The predicted octanol–water partition coefficient (Wildman–Crippen LogP) is 4.57. The van der Waals surface area contributed by atoms with Crippen molar-refractivity contribution in [2.45, 2.75) is 69.5 Å². The van der Waals surface area contributed by atoms with Gasteiger partial charge in [-0.2, -0.15) is 4.98 Å². The average Bonchev–Trinajstić information content (AvgIpc) is 3.56. The maximum absolute atomic E-state index is 12.5. The lowest BCUT2D eigenvalue weighted by Gasteiger charge is -2.46. The van der Waals surface area contributed by atoms with Crippen molar-refractivity contribution >= 4 is 22.9 Å². The first-order valence-corrected chi connectivity index (χ1v) is 14.3. The summed E-state index contributed by atoms with van der Waals surface area (Å²) in [4.78, 5) is 38.5. The zero-order valence-electron chi connectivity index (χ0n) is 23.0. The maximum Gasteiger partial charge on any atom is 0.252 e. The molecule has 0 unspecified atom stereocenters. The molecule has 3 aromatic rings. The van der Waals surface area contributed by atoms with E-state index in [4.69, 9.17) is 4.98 Å². The molecular weight excluding hydrogens is 488 g/mol. The van der Waals surface area contributed by atoms with Crippen molar-refractivity contribution in [3.05, 3.63) is 76.7 Å². The van der Waals surface area contributed by atoms with Crippen molar-refractivity contribution in [1.29, 1.82) is 0 Å². The minimum absolute atomic E-state index is 0.0136. The first-order valence-electron chi connectivity index (χ1n) is 14.3. The fraction of sp³-hybridized carbons (Fsp3) is 0.484. The number of aromatic nitrogens is 3. The SMILES string of the molecule is C=CC(=O)N1CCN(C2(c3ccc(C4(Nc5ncc6ccc(=O)n(C(C)C)c6n5)CC4)cc3)CCCC2)CC1. The molecule has 0 spiro atoms. The molecule has 39 heavy (non-hydrogen) atoms. The molecule has 2 aromatic heterocycles. The fourth-order valence-corrected chi connectivity index (χ4v) is 6.75. The number of amides is 1. The van der Waals surface area contributed by atoms with Crippen molar-refractivity contribution in [3.8, 4) is 0 Å². The number of piperazine rings is 1. The average molecular weight is 527 g/mol. The van der Waals surface area contributed by atoms with Gasteiger partial charge in [0.25, 0.3) is 5.56 Å². The predicted molar refractivity (Wildman–Crippen MR) is 154 cm³/mol. The van der Waals surface area contributed by atoms with E-state index in [1.807, 2.05) is 18.7 Å². The van der Waals surface area contributed by atoms with Crippen LogP contribution in [0, 0.1) is 0 Å². The van der Waals surface area contributed by atoms with Gasteiger partial charge in [-0.15, -0.1) is 0 Å². The third kappa shape index (κ3) is 4.54. The Balaban J connectivity index is 1.23. The zero-order chi connectivity index (χ0) is 27.2. The van der Waals surface area contributed by atoms with Crippen LogP contribution in [-0.4, -0.2) is 56.4 Å². The van der Waals surface area contributed by atoms with Crippen molar-refractivity contribution in [2.24, 2.45) is 0 Å². The van der Waals surface area contributed by atoms with Crippen LogP contribution in [0.1, 0.15) is 69.5 Å². The van der Waals surface area contributed by atoms with E-state index in [1.165, 1.54) is 30.0 Å². The van der Waals surface area contributed by atoms with Crippen LogP contribution in [0.5, 0.6) is 0 Å². The summed E-state index contributed by atoms with van der Waals surface area (Å²) in [5, 5.41) is 4.47. The van der Waals surface area contributed by atoms with Crippen molar-refractivity contribution in [2.75, 3.05) is 31.5 Å². The molecule has 204 valence electrons. The van der Waals surface area contributed by atoms with Gasteiger partial charge < -0.3 is 10.2 Å². The summed E-state index contributed by atoms with van der Waals surface area (Å²) in [7, 11) is 0. The molecular formula is C31H38N6O2. The van der Waals surface area contributed by atoms with E-state index < -0.39 is 0 Å². The molecule has 6 rings (SSSR count). The molecule has 3 heterocycles. The Morgan fingerprint density at radius 1 is 0.974 bits per heavy atom. The monoisotopic (exact) mass is 526 g/mol. The number of benzene rings is 1. The number of hydrogen-bond donors (Lipinski definition) is 1. The van der Waals surface area contributed by atoms with Crippen LogP contribution < -0.4 is 10.9 Å². The molecule has 1 aromatic carbocycles. The number of pyridine rings is 1. The maximum atomic E-state index is 12.5. The van der Waals surface area contributed by atoms with Crippen LogP contribution in [0.2, 0.25) is 0 Å². The van der Waals surface area contributed by atoms with Gasteiger partial charge in [0.2, 0.25) is 11.9 Å². The highest BCUT2D eigenvalue weighted by Crippen LogP contribution is 2.49. The Kier molecular flexibility index (Phi) is 6.53. The van der Waals surface area contributed by atoms with Gasteiger partial charge in [0.05, 0.1) is 5.54 Å². The Bertz CT molecular complexity index is 1440. The van der Waals surface area contributed by atoms with Crippen LogP contribution >= 0.6 is 0 Å². The van der Waals surface area contributed by atoms with E-state index in [0.29, 0.717) is 11.6 Å². The molecule has 8 nitrogen and oxygen atoms in total. The summed E-state index contributed by atoms with van der Waals surface area (Å²) in [6, 6.07) is 12.6. The first-order chi connectivity index (χ1) is 18.8. The Labute approximate surface area is 229 Å². The summed E-state index contributed by atoms with van der Waals surface area (Å²) in [5.41, 5.74) is 3.12. The van der Waals surface area contributed by atoms with Crippen molar-refractivity contribution in [3.63, 3.8) is 0 Å². The summed E-state index contributed by atoms with van der Waals surface area (Å²) >= 11 is 0. The summed E-state index contributed by atoms with van der Waals surface area (Å²) in [6.07, 6.45) is 10.1. The number of anilines is 1. The highest BCUT2D eigenvalue weighted by molar-refractivity contribution is 5.87. The molecule has 1 amide bonds. The van der Waals surface area contributed by atoms with Gasteiger partial charge in [0, 0.05) is 55.4 Å². The number of hydrogen-bond acceptors (Lipinski definition) is 6. The Morgan fingerprint density at radius 3 is 2.26 bits per heavy atom. The second-order valence-corrected chi connectivity index (χ2v) is 11.6. The van der Waals surface area contributed by atoms with Gasteiger partial charge >= 0.3 is 0 Å². The van der Waals surface area contributed by atoms with E-state index >= 15 is 0 Å². The largest absolute Gasteiger partial charge is 0.345 e. The molecule has 2 saturated carbocycles. The molecule has 0 radical (unpaired) electrons. The van der Waals surface area contributed by atoms with Gasteiger partial charge in [0.15, 0.2) is 0 Å². The number of nitrogens with zero attached hydrogens (tertiary/aromatic N) is 5. The van der Waals surface area contributed by atoms with Crippen molar-refractivity contribution < 1.29 is 4.79 Å². The lowest BCUT2D eigenvalue weighted by atomic mass is 9.84. The molecule has 3 aliphatic rings. The van der Waals surface area contributed by atoms with Crippen LogP contribution in [0.25, 0.3) is 11.0 Å². The quantitative estimate of drug-likeness (QED) is 0.454. The highest BCUT2D eigenvalue weighted by Gasteiger charge is 2.46. The Hall–Kier alpha value is -3.52. The fourth-order valence-electron chi connectivity index (χ4n) is 6.75. The van der Waals surface area contributed by atoms with E-state index in [2.05, 4.69) is 46.0 Å². The molecule has 8 heteroatoms. The smallest absolute Gasteiger partial charge is 0.252 e. The number of rotatable bonds is 7. The van der Waals surface area contributed by atoms with E-state index in [0.717, 1.165) is 57.2 Å². The lowest BCUT2D eigenvalue weighted by molar-refractivity contribution is -0.128. The topological polar surface area (TPSA) is 83.4 Å². The van der Waals surface area contributed by atoms with Crippen LogP contribution in [0.15, 0.2) is 60.0 Å². The highest BCUT2D eigenvalue weighted by atomic mass is 16.2. The Morgan fingerprint density at radius 2 is 1.64 bits per heavy atom. The minimum Gasteiger partial charge on any atom is -0.345 e. The molecule has 2 aliphatic carbocycles. The first kappa shape index (κ1) is 25.7. The van der Waals surface area contributed by atoms with Gasteiger partial charge in [-0.05, 0) is 62.8 Å². The summed E-state index contributed by atoms with van der Waals surface area (Å²) < 4.78 is 1.73. The molecule has 1 aliphatic heterocycles. The third-order valence-electron chi connectivity index (χ3n) is 9.06. The van der Waals surface area contributed by atoms with Crippen LogP contribution in [0.4, 0.5) is 5.95 Å². The number of nitrogens with one attached hydrogen (secondary N) is 1. The van der Waals surface area contributed by atoms with Crippen LogP contribution in [-0.2, 0) is 15.9 Å². The van der Waals surface area contributed by atoms with Gasteiger partial charge in [-0.1, -0.05) is 43.7 Å². The number of carbonyl (C=O) groups excluding carboxylic acids is 1. The van der Waals surface area contributed by atoms with Crippen LogP contribution in [0.3, 0.4) is 0 Å². The third-order valence-corrected chi connectivity index (χ3v) is 9.06. The zero-order valence-corrected chi connectivity index (χ0v) is 23.0. The molecule has 1 saturated heterocycles. The second-order valence-electron chi connectivity index (χ2n) is 11.6. The molecule has 1 N–H and O–H groups in total. The molecule has 0 atom stereocenters.